The van der Waals surface area contributed by atoms with Crippen LogP contribution in [0.5, 0.6) is 0 Å². The Bertz CT molecular complexity index is 537. The van der Waals surface area contributed by atoms with Gasteiger partial charge in [-0.2, -0.15) is 0 Å². The van der Waals surface area contributed by atoms with Crippen LogP contribution in [0.3, 0.4) is 0 Å². The van der Waals surface area contributed by atoms with Crippen molar-refractivity contribution < 1.29 is 4.42 Å². The number of hydrogen-bond donors (Lipinski definition) is 1. The molecule has 1 fully saturated rings. The largest absolute Gasteiger partial charge is 0.439 e. The number of furan rings is 1. The van der Waals surface area contributed by atoms with Gasteiger partial charge in [-0.05, 0) is 24.9 Å². The normalized spacial score (nSPS) is 20.4. The van der Waals surface area contributed by atoms with Crippen LogP contribution >= 0.6 is 11.6 Å². The summed E-state index contributed by atoms with van der Waals surface area (Å²) in [6.45, 7) is 2.74. The maximum absolute atomic E-state index is 6.10. The molecule has 17 heavy (non-hydrogen) atoms. The van der Waals surface area contributed by atoms with E-state index in [2.05, 4.69) is 11.0 Å². The van der Waals surface area contributed by atoms with Crippen molar-refractivity contribution in [3.63, 3.8) is 0 Å². The van der Waals surface area contributed by atoms with Crippen molar-refractivity contribution in [1.82, 2.24) is 0 Å². The molecule has 1 aromatic carbocycles. The molecule has 4 heteroatoms. The van der Waals surface area contributed by atoms with Crippen molar-refractivity contribution in [3.05, 3.63) is 29.3 Å². The Balaban J connectivity index is 1.94. The fourth-order valence-electron chi connectivity index (χ4n) is 2.39. The lowest BCUT2D eigenvalue weighted by Gasteiger charge is -2.14. The van der Waals surface area contributed by atoms with Crippen LogP contribution in [0.25, 0.3) is 11.0 Å². The van der Waals surface area contributed by atoms with Crippen LogP contribution < -0.4 is 10.6 Å². The first-order valence-electron chi connectivity index (χ1n) is 5.91. The highest BCUT2D eigenvalue weighted by molar-refractivity contribution is 6.34. The van der Waals surface area contributed by atoms with Crippen LogP contribution in [0.4, 0.5) is 5.88 Å². The first kappa shape index (κ1) is 10.9. The second-order valence-electron chi connectivity index (χ2n) is 4.58. The summed E-state index contributed by atoms with van der Waals surface area (Å²) >= 11 is 6.10. The van der Waals surface area contributed by atoms with Crippen molar-refractivity contribution >= 4 is 28.5 Å². The Morgan fingerprint density at radius 2 is 2.35 bits per heavy atom. The molecule has 0 radical (unpaired) electrons. The summed E-state index contributed by atoms with van der Waals surface area (Å²) in [5, 5.41) is 1.73. The maximum Gasteiger partial charge on any atom is 0.196 e. The monoisotopic (exact) mass is 250 g/mol. The predicted molar refractivity (Wildman–Crippen MR) is 70.6 cm³/mol. The third-order valence-corrected chi connectivity index (χ3v) is 3.71. The van der Waals surface area contributed by atoms with Gasteiger partial charge >= 0.3 is 0 Å². The minimum Gasteiger partial charge on any atom is -0.439 e. The molecule has 90 valence electrons. The first-order valence-corrected chi connectivity index (χ1v) is 6.29. The molecule has 1 unspecified atom stereocenters. The van der Waals surface area contributed by atoms with E-state index >= 15 is 0 Å². The van der Waals surface area contributed by atoms with Gasteiger partial charge in [-0.3, -0.25) is 0 Å². The molecule has 0 aliphatic carbocycles. The molecule has 1 saturated heterocycles. The molecule has 1 aliphatic heterocycles. The molecular formula is C13H15ClN2O. The van der Waals surface area contributed by atoms with Gasteiger partial charge < -0.3 is 15.1 Å². The van der Waals surface area contributed by atoms with Crippen molar-refractivity contribution in [2.75, 3.05) is 24.5 Å². The number of rotatable bonds is 2. The molecule has 2 heterocycles. The quantitative estimate of drug-likeness (QED) is 0.891. The Kier molecular flexibility index (Phi) is 2.73. The molecule has 1 atom stereocenters. The zero-order valence-corrected chi connectivity index (χ0v) is 10.3. The van der Waals surface area contributed by atoms with Crippen LogP contribution in [-0.2, 0) is 0 Å². The Morgan fingerprint density at radius 1 is 1.47 bits per heavy atom. The van der Waals surface area contributed by atoms with Gasteiger partial charge in [0.25, 0.3) is 0 Å². The number of fused-ring (bicyclic) bond motifs is 1. The lowest BCUT2D eigenvalue weighted by Crippen LogP contribution is -2.22. The smallest absolute Gasteiger partial charge is 0.196 e. The highest BCUT2D eigenvalue weighted by Gasteiger charge is 2.23. The maximum atomic E-state index is 6.10. The Morgan fingerprint density at radius 3 is 3.06 bits per heavy atom. The third-order valence-electron chi connectivity index (χ3n) is 3.41. The first-order chi connectivity index (χ1) is 8.28. The van der Waals surface area contributed by atoms with Gasteiger partial charge in [0.05, 0.1) is 5.02 Å². The van der Waals surface area contributed by atoms with Gasteiger partial charge in [-0.25, -0.2) is 0 Å². The molecule has 0 saturated carbocycles. The standard InChI is InChI=1S/C13H15ClN2O/c14-11-3-1-2-10-6-12(17-13(10)11)16-5-4-9(7-15)8-16/h1-3,6,9H,4-5,7-8,15H2. The second kappa shape index (κ2) is 4.24. The van der Waals surface area contributed by atoms with Gasteiger partial charge in [0.1, 0.15) is 0 Å². The molecule has 0 bridgehead atoms. The van der Waals surface area contributed by atoms with E-state index < -0.39 is 0 Å². The molecule has 2 N–H and O–H groups in total. The van der Waals surface area contributed by atoms with Gasteiger partial charge in [0.2, 0.25) is 0 Å². The Labute approximate surface area is 105 Å². The van der Waals surface area contributed by atoms with Gasteiger partial charge in [0, 0.05) is 24.5 Å². The highest BCUT2D eigenvalue weighted by Crippen LogP contribution is 2.33. The highest BCUT2D eigenvalue weighted by atomic mass is 35.5. The zero-order valence-electron chi connectivity index (χ0n) is 9.53. The SMILES string of the molecule is NCC1CCN(c2cc3cccc(Cl)c3o2)C1. The summed E-state index contributed by atoms with van der Waals surface area (Å²) in [5.41, 5.74) is 6.47. The topological polar surface area (TPSA) is 42.4 Å². The van der Waals surface area contributed by atoms with E-state index in [4.69, 9.17) is 21.8 Å². The molecular weight excluding hydrogens is 236 g/mol. The van der Waals surface area contributed by atoms with E-state index in [0.29, 0.717) is 10.9 Å². The zero-order chi connectivity index (χ0) is 11.8. The fourth-order valence-corrected chi connectivity index (χ4v) is 2.62. The number of nitrogens with zero attached hydrogens (tertiary/aromatic N) is 1. The number of para-hydroxylation sites is 1. The minimum atomic E-state index is 0.582. The van der Waals surface area contributed by atoms with Gasteiger partial charge in [-0.15, -0.1) is 0 Å². The lowest BCUT2D eigenvalue weighted by molar-refractivity contribution is 0.578. The fraction of sp³-hybridized carbons (Fsp3) is 0.385. The van der Waals surface area contributed by atoms with Crippen molar-refractivity contribution in [3.8, 4) is 0 Å². The summed E-state index contributed by atoms with van der Waals surface area (Å²) in [4.78, 5) is 2.24. The van der Waals surface area contributed by atoms with E-state index in [1.165, 1.54) is 0 Å². The summed E-state index contributed by atoms with van der Waals surface area (Å²) in [7, 11) is 0. The molecule has 2 aromatic rings. The van der Waals surface area contributed by atoms with E-state index in [0.717, 1.165) is 42.9 Å². The van der Waals surface area contributed by atoms with Crippen LogP contribution in [0.15, 0.2) is 28.7 Å². The van der Waals surface area contributed by atoms with Crippen molar-refractivity contribution in [2.45, 2.75) is 6.42 Å². The predicted octanol–water partition coefficient (Wildman–Crippen LogP) is 2.87. The summed E-state index contributed by atoms with van der Waals surface area (Å²) in [5.74, 6) is 1.49. The molecule has 0 spiro atoms. The Hall–Kier alpha value is -1.19. The van der Waals surface area contributed by atoms with E-state index in [1.54, 1.807) is 0 Å². The van der Waals surface area contributed by atoms with Crippen molar-refractivity contribution in [1.29, 1.82) is 0 Å². The van der Waals surface area contributed by atoms with Crippen molar-refractivity contribution in [2.24, 2.45) is 11.7 Å². The van der Waals surface area contributed by atoms with Crippen LogP contribution in [0.2, 0.25) is 5.02 Å². The molecule has 3 rings (SSSR count). The summed E-state index contributed by atoms with van der Waals surface area (Å²) < 4.78 is 5.83. The number of benzene rings is 1. The van der Waals surface area contributed by atoms with E-state index in [-0.39, 0.29) is 0 Å². The van der Waals surface area contributed by atoms with Gasteiger partial charge in [0.15, 0.2) is 11.5 Å². The number of nitrogens with two attached hydrogens (primary N) is 1. The molecule has 0 amide bonds. The van der Waals surface area contributed by atoms with E-state index in [1.807, 2.05) is 18.2 Å². The van der Waals surface area contributed by atoms with Crippen LogP contribution in [0.1, 0.15) is 6.42 Å². The average Bonchev–Trinajstić information content (AvgIpc) is 2.95. The third kappa shape index (κ3) is 1.90. The number of hydrogen-bond acceptors (Lipinski definition) is 3. The number of halogens is 1. The van der Waals surface area contributed by atoms with Crippen LogP contribution in [0, 0.1) is 5.92 Å². The van der Waals surface area contributed by atoms with Gasteiger partial charge in [-0.1, -0.05) is 23.7 Å². The summed E-state index contributed by atoms with van der Waals surface area (Å²) in [6.07, 6.45) is 1.14. The van der Waals surface area contributed by atoms with Crippen LogP contribution in [-0.4, -0.2) is 19.6 Å². The molecule has 3 nitrogen and oxygen atoms in total. The number of anilines is 1. The average molecular weight is 251 g/mol. The lowest BCUT2D eigenvalue weighted by atomic mass is 10.1. The molecule has 1 aliphatic rings. The van der Waals surface area contributed by atoms with E-state index in [9.17, 15) is 0 Å². The second-order valence-corrected chi connectivity index (χ2v) is 4.99. The molecule has 1 aromatic heterocycles. The summed E-state index contributed by atoms with van der Waals surface area (Å²) in [6, 6.07) is 7.87. The minimum absolute atomic E-state index is 0.582.